The number of rotatable bonds is 11. The zero-order valence-electron chi connectivity index (χ0n) is 22.0. The Bertz CT molecular complexity index is 1550. The summed E-state index contributed by atoms with van der Waals surface area (Å²) in [6.45, 7) is 3.55. The van der Waals surface area contributed by atoms with Crippen LogP contribution in [0.4, 0.5) is 0 Å². The largest absolute Gasteiger partial charge is 0.497 e. The molecule has 5 rings (SSSR count). The van der Waals surface area contributed by atoms with Crippen LogP contribution in [-0.4, -0.2) is 34.2 Å². The number of pyridine rings is 1. The molecule has 0 unspecified atom stereocenters. The van der Waals surface area contributed by atoms with Crippen molar-refractivity contribution >= 4 is 28.7 Å². The molecule has 0 saturated carbocycles. The monoisotopic (exact) mass is 538 g/mol. The molecule has 0 atom stereocenters. The normalized spacial score (nSPS) is 10.9. The van der Waals surface area contributed by atoms with Gasteiger partial charge in [-0.05, 0) is 54.4 Å². The fraction of sp³-hybridized carbons (Fsp3) is 0.194. The lowest BCUT2D eigenvalue weighted by Crippen LogP contribution is -2.23. The molecule has 1 amide bonds. The maximum absolute atomic E-state index is 12.8. The predicted octanol–water partition coefficient (Wildman–Crippen LogP) is 6.11. The first-order valence-electron chi connectivity index (χ1n) is 12.8. The van der Waals surface area contributed by atoms with Crippen LogP contribution in [0.5, 0.6) is 11.5 Å². The average Bonchev–Trinajstić information content (AvgIpc) is 3.33. The summed E-state index contributed by atoms with van der Waals surface area (Å²) >= 11 is 1.68. The topological polar surface area (TPSA) is 78.3 Å². The number of thioether (sulfide) groups is 1. The first-order chi connectivity index (χ1) is 19.1. The van der Waals surface area contributed by atoms with E-state index in [9.17, 15) is 4.79 Å². The van der Waals surface area contributed by atoms with Crippen LogP contribution in [0.15, 0.2) is 96.4 Å². The molecule has 0 aliphatic heterocycles. The summed E-state index contributed by atoms with van der Waals surface area (Å²) in [5.41, 5.74) is 5.71. The molecule has 0 aliphatic rings. The number of nitrogens with zero attached hydrogens (tertiary/aromatic N) is 3. The van der Waals surface area contributed by atoms with Crippen molar-refractivity contribution in [3.63, 3.8) is 0 Å². The molecule has 0 bridgehead atoms. The fourth-order valence-electron chi connectivity index (χ4n) is 4.25. The van der Waals surface area contributed by atoms with Gasteiger partial charge in [-0.3, -0.25) is 9.78 Å². The number of hydrogen-bond donors (Lipinski definition) is 1. The molecule has 8 heteroatoms. The Kier molecular flexibility index (Phi) is 8.43. The summed E-state index contributed by atoms with van der Waals surface area (Å²) in [4.78, 5) is 22.0. The third kappa shape index (κ3) is 6.41. The summed E-state index contributed by atoms with van der Waals surface area (Å²) in [5.74, 6) is 2.29. The molecule has 0 spiro atoms. The number of aromatic nitrogens is 3. The quantitative estimate of drug-likeness (QED) is 0.205. The maximum Gasteiger partial charge on any atom is 0.251 e. The number of benzene rings is 3. The van der Waals surface area contributed by atoms with Crippen LogP contribution in [0.1, 0.15) is 34.0 Å². The highest BCUT2D eigenvalue weighted by Crippen LogP contribution is 2.28. The van der Waals surface area contributed by atoms with Crippen LogP contribution in [0, 0.1) is 0 Å². The number of nitrogens with one attached hydrogen (secondary N) is 1. The minimum atomic E-state index is -0.124. The molecule has 2 heterocycles. The molecule has 0 aliphatic carbocycles. The Morgan fingerprint density at radius 3 is 2.51 bits per heavy atom. The fourth-order valence-corrected chi connectivity index (χ4v) is 5.22. The van der Waals surface area contributed by atoms with Crippen molar-refractivity contribution in [2.24, 2.45) is 0 Å². The van der Waals surface area contributed by atoms with E-state index < -0.39 is 0 Å². The van der Waals surface area contributed by atoms with E-state index in [1.165, 1.54) is 5.56 Å². The number of para-hydroxylation sites is 1. The number of methoxy groups -OCH3 is 1. The van der Waals surface area contributed by atoms with Gasteiger partial charge in [0.2, 0.25) is 0 Å². The lowest BCUT2D eigenvalue weighted by atomic mass is 10.1. The van der Waals surface area contributed by atoms with Gasteiger partial charge in [-0.2, -0.15) is 0 Å². The Morgan fingerprint density at radius 2 is 1.74 bits per heavy atom. The van der Waals surface area contributed by atoms with E-state index in [2.05, 4.69) is 27.0 Å². The van der Waals surface area contributed by atoms with Crippen molar-refractivity contribution in [1.29, 1.82) is 0 Å². The number of fused-ring (bicyclic) bond motifs is 1. The van der Waals surface area contributed by atoms with Crippen molar-refractivity contribution in [2.75, 3.05) is 13.7 Å². The van der Waals surface area contributed by atoms with E-state index >= 15 is 0 Å². The molecule has 1 N–H and O–H groups in total. The molecular weight excluding hydrogens is 508 g/mol. The van der Waals surface area contributed by atoms with Gasteiger partial charge in [0.25, 0.3) is 5.91 Å². The second-order valence-corrected chi connectivity index (χ2v) is 9.84. The second-order valence-electron chi connectivity index (χ2n) is 8.90. The molecule has 0 radical (unpaired) electrons. The highest BCUT2D eigenvalue weighted by Gasteiger charge is 2.13. The maximum atomic E-state index is 12.8. The summed E-state index contributed by atoms with van der Waals surface area (Å²) in [6, 6.07) is 25.5. The standard InChI is InChI=1S/C31H30N4O3S/c1-3-38-29-7-5-4-6-25(29)18-33-30(36)24-12-8-22(9-13-24)20-35-28-19-32-17-16-27(28)34-31(35)39-21-23-10-14-26(37-2)15-11-23/h4-17,19H,3,18,20-21H2,1-2H3,(H,33,36). The first kappa shape index (κ1) is 26.3. The van der Waals surface area contributed by atoms with Gasteiger partial charge < -0.3 is 19.4 Å². The van der Waals surface area contributed by atoms with Crippen LogP contribution >= 0.6 is 11.8 Å². The van der Waals surface area contributed by atoms with E-state index in [0.717, 1.165) is 44.6 Å². The van der Waals surface area contributed by atoms with Crippen molar-refractivity contribution in [1.82, 2.24) is 19.9 Å². The Hall–Kier alpha value is -4.30. The zero-order chi connectivity index (χ0) is 27.0. The molecule has 0 fully saturated rings. The SMILES string of the molecule is CCOc1ccccc1CNC(=O)c1ccc(Cn2c(SCc3ccc(OC)cc3)nc3ccncc32)cc1. The van der Waals surface area contributed by atoms with Gasteiger partial charge in [-0.15, -0.1) is 0 Å². The Labute approximate surface area is 232 Å². The highest BCUT2D eigenvalue weighted by atomic mass is 32.2. The summed E-state index contributed by atoms with van der Waals surface area (Å²) < 4.78 is 13.1. The number of hydrogen-bond acceptors (Lipinski definition) is 6. The number of ether oxygens (including phenoxy) is 2. The molecule has 3 aromatic carbocycles. The summed E-state index contributed by atoms with van der Waals surface area (Å²) in [7, 11) is 1.67. The minimum absolute atomic E-state index is 0.124. The first-order valence-corrected chi connectivity index (χ1v) is 13.8. The minimum Gasteiger partial charge on any atom is -0.497 e. The molecule has 5 aromatic rings. The third-order valence-electron chi connectivity index (χ3n) is 6.31. The smallest absolute Gasteiger partial charge is 0.251 e. The van der Waals surface area contributed by atoms with Crippen molar-refractivity contribution in [3.05, 3.63) is 114 Å². The van der Waals surface area contributed by atoms with Gasteiger partial charge in [0.05, 0.1) is 37.5 Å². The molecule has 2 aromatic heterocycles. The lowest BCUT2D eigenvalue weighted by molar-refractivity contribution is 0.0950. The van der Waals surface area contributed by atoms with Gasteiger partial charge in [0.1, 0.15) is 11.5 Å². The average molecular weight is 539 g/mol. The van der Waals surface area contributed by atoms with E-state index in [1.54, 1.807) is 25.1 Å². The van der Waals surface area contributed by atoms with Gasteiger partial charge in [0.15, 0.2) is 5.16 Å². The Morgan fingerprint density at radius 1 is 0.974 bits per heavy atom. The van der Waals surface area contributed by atoms with Crippen LogP contribution in [-0.2, 0) is 18.8 Å². The molecule has 7 nitrogen and oxygen atoms in total. The number of carbonyl (C=O) groups excluding carboxylic acids is 1. The van der Waals surface area contributed by atoms with E-state index in [-0.39, 0.29) is 5.91 Å². The van der Waals surface area contributed by atoms with Crippen LogP contribution in [0.25, 0.3) is 11.0 Å². The number of imidazole rings is 1. The predicted molar refractivity (Wildman–Crippen MR) is 154 cm³/mol. The highest BCUT2D eigenvalue weighted by molar-refractivity contribution is 7.98. The van der Waals surface area contributed by atoms with Gasteiger partial charge in [-0.25, -0.2) is 4.98 Å². The number of carbonyl (C=O) groups is 1. The number of amides is 1. The van der Waals surface area contributed by atoms with Crippen molar-refractivity contribution < 1.29 is 14.3 Å². The van der Waals surface area contributed by atoms with Gasteiger partial charge in [0, 0.05) is 29.6 Å². The van der Waals surface area contributed by atoms with Crippen LogP contribution in [0.3, 0.4) is 0 Å². The van der Waals surface area contributed by atoms with Crippen molar-refractivity contribution in [2.45, 2.75) is 30.9 Å². The van der Waals surface area contributed by atoms with Crippen molar-refractivity contribution in [3.8, 4) is 11.5 Å². The zero-order valence-corrected chi connectivity index (χ0v) is 22.8. The second kappa shape index (κ2) is 12.5. The Balaban J connectivity index is 1.28. The van der Waals surface area contributed by atoms with Crippen LogP contribution < -0.4 is 14.8 Å². The molecular formula is C31H30N4O3S. The van der Waals surface area contributed by atoms with E-state index in [4.69, 9.17) is 14.5 Å². The molecule has 39 heavy (non-hydrogen) atoms. The van der Waals surface area contributed by atoms with E-state index in [0.29, 0.717) is 25.3 Å². The summed E-state index contributed by atoms with van der Waals surface area (Å²) in [5, 5.41) is 3.92. The molecule has 0 saturated heterocycles. The van der Waals surface area contributed by atoms with E-state index in [1.807, 2.05) is 79.9 Å². The third-order valence-corrected chi connectivity index (χ3v) is 7.36. The van der Waals surface area contributed by atoms with Gasteiger partial charge >= 0.3 is 0 Å². The summed E-state index contributed by atoms with van der Waals surface area (Å²) in [6.07, 6.45) is 3.61. The van der Waals surface area contributed by atoms with Crippen LogP contribution in [0.2, 0.25) is 0 Å². The molecule has 198 valence electrons. The lowest BCUT2D eigenvalue weighted by Gasteiger charge is -2.12. The van der Waals surface area contributed by atoms with Gasteiger partial charge in [-0.1, -0.05) is 54.2 Å².